The van der Waals surface area contributed by atoms with Gasteiger partial charge in [0.1, 0.15) is 41.3 Å². The Kier molecular flexibility index (Phi) is 37.6. The van der Waals surface area contributed by atoms with Crippen molar-refractivity contribution in [1.29, 1.82) is 0 Å². The number of nitrogens with zero attached hydrogens (tertiary/aromatic N) is 4. The molecule has 2 aromatic carbocycles. The van der Waals surface area contributed by atoms with Gasteiger partial charge >= 0.3 is 12.1 Å². The first-order valence-electron chi connectivity index (χ1n) is 36.8. The second kappa shape index (κ2) is 44.4. The lowest BCUT2D eigenvalue weighted by Gasteiger charge is -2.40. The number of aliphatic imine (C=N–C) groups is 1. The molecule has 30 heteroatoms. The third-order valence-corrected chi connectivity index (χ3v) is 20.2. The molecule has 1 aromatic heterocycles. The van der Waals surface area contributed by atoms with E-state index in [4.69, 9.17) is 19.9 Å². The van der Waals surface area contributed by atoms with Crippen molar-refractivity contribution in [2.75, 3.05) is 52.3 Å². The normalized spacial score (nSPS) is 15.9. The summed E-state index contributed by atoms with van der Waals surface area (Å²) < 4.78 is 17.4. The van der Waals surface area contributed by atoms with Crippen LogP contribution in [0.15, 0.2) is 71.2 Å². The largest absolute Gasteiger partial charge is 0.445 e. The number of nitrogens with two attached hydrogens (primary N) is 1. The van der Waals surface area contributed by atoms with E-state index in [9.17, 15) is 57.5 Å². The molecule has 0 bridgehead atoms. The van der Waals surface area contributed by atoms with Gasteiger partial charge in [-0.05, 0) is 127 Å². The number of methoxy groups -OCH3 is 1. The third-order valence-electron chi connectivity index (χ3n) is 19.3. The number of hydrogen-bond donors (Lipinski definition) is 10. The van der Waals surface area contributed by atoms with Crippen molar-refractivity contribution < 1.29 is 71.7 Å². The standard InChI is InChI=1S/C76H118N14O15S/c1-17-48(6)64(59(103-16)43-61(93)90-39-23-28-55(90)27-21-24-49(7)66(95)85-57(70-79-38-41-106-70)42-52-25-19-18-20-26-52)89(15)71(99)63(47(4)5)87-72(100)76(12,13)88-74(102)105-44-53-31-33-54(34-32-53)83-67(96)56(29-22-36-80-73(77)101)84-69(98)62(46(2)3)86-68(97)58(82-51(9)91)45-104-40-37-81-75(10,11)60(92)35-30-50(8)65(94)78-14/h18-20,25-26,31-34,38,41,46-50,55-59,62-64,81H,14,17,21-24,27-30,35-37,39-40,42-45H2,1-13,15-16H3,(H,82,91)(H,83,96)(H,84,98)(H,85,95)(H,86,97)(H,87,100)(H,88,102)(H3,77,80,101)/t48-,49+,50+,55+,56-,57-,58-,59+,62-,63-,64-/m0/s1. The Morgan fingerprint density at radius 2 is 1.44 bits per heavy atom. The van der Waals surface area contributed by atoms with Crippen LogP contribution in [-0.4, -0.2) is 193 Å². The molecule has 29 nitrogen and oxygen atoms in total. The van der Waals surface area contributed by atoms with Crippen LogP contribution in [0.1, 0.15) is 183 Å². The number of rotatable bonds is 46. The molecule has 0 aliphatic carbocycles. The number of aromatic nitrogens is 1. The number of Topliss-reactive ketones (excluding diaryl/α,β-unsaturated/α-hetero) is 1. The summed E-state index contributed by atoms with van der Waals surface area (Å²) in [5, 5.41) is 27.7. The number of ketones is 1. The number of anilines is 1. The van der Waals surface area contributed by atoms with Gasteiger partial charge in [0, 0.05) is 82.3 Å². The SMILES string of the molecule is C=NC(=O)[C@H](C)CCC(=O)C(C)(C)NCCOC[C@H](NC(C)=O)C(=O)N[C@H](C(=O)N[C@@H](CCCNC(N)=O)C(=O)Nc1ccc(COC(=O)NC(C)(C)C(=O)N[C@H](C(=O)N(C)[C@@H]([C@@H](C)CC)[C@@H](CC(=O)N2CCC[C@H]2CCC[C@@H](C)C(=O)N[C@@H](Cc2ccccc2)c2nccs2)OC)C(C)C)cc1)C(C)C. The molecule has 3 aromatic rings. The monoisotopic (exact) mass is 1500 g/mol. The first-order valence-corrected chi connectivity index (χ1v) is 37.7. The minimum atomic E-state index is -1.59. The van der Waals surface area contributed by atoms with Crippen LogP contribution in [0, 0.1) is 29.6 Å². The number of likely N-dealkylation sites (N-methyl/N-ethyl adjacent to an activating group) is 1. The van der Waals surface area contributed by atoms with Gasteiger partial charge in [0.15, 0.2) is 5.78 Å². The number of thiazole rings is 1. The number of nitrogens with one attached hydrogen (secondary N) is 9. The molecule has 1 saturated heterocycles. The first-order chi connectivity index (χ1) is 50.0. The molecule has 2 heterocycles. The van der Waals surface area contributed by atoms with Crippen LogP contribution in [-0.2, 0) is 75.2 Å². The fraction of sp³-hybridized carbons (Fsp3) is 0.632. The molecule has 0 radical (unpaired) electrons. The van der Waals surface area contributed by atoms with Crippen molar-refractivity contribution in [2.24, 2.45) is 40.3 Å². The van der Waals surface area contributed by atoms with Crippen LogP contribution in [0.5, 0.6) is 0 Å². The van der Waals surface area contributed by atoms with Gasteiger partial charge in [-0.2, -0.15) is 0 Å². The number of likely N-dealkylation sites (tertiary alicyclic amines) is 1. The molecule has 106 heavy (non-hydrogen) atoms. The Morgan fingerprint density at radius 3 is 2.05 bits per heavy atom. The van der Waals surface area contributed by atoms with E-state index in [1.54, 1.807) is 78.7 Å². The lowest BCUT2D eigenvalue weighted by atomic mass is 9.89. The number of carbonyl (C=O) groups is 12. The molecule has 0 unspecified atom stereocenters. The summed E-state index contributed by atoms with van der Waals surface area (Å²) in [6, 6.07) is 9.90. The van der Waals surface area contributed by atoms with Gasteiger partial charge < -0.3 is 77.6 Å². The molecular formula is C76H118N14O15S. The third kappa shape index (κ3) is 29.5. The highest BCUT2D eigenvalue weighted by Gasteiger charge is 2.42. The summed E-state index contributed by atoms with van der Waals surface area (Å²) in [6.07, 6.45) is 5.84. The van der Waals surface area contributed by atoms with Crippen LogP contribution < -0.4 is 53.6 Å². The summed E-state index contributed by atoms with van der Waals surface area (Å²) in [7, 11) is 3.19. The summed E-state index contributed by atoms with van der Waals surface area (Å²) in [6.45, 7) is 25.6. The van der Waals surface area contributed by atoms with Crippen LogP contribution in [0.2, 0.25) is 0 Å². The van der Waals surface area contributed by atoms with Crippen molar-refractivity contribution >= 4 is 94.8 Å². The van der Waals surface area contributed by atoms with Crippen molar-refractivity contribution in [2.45, 2.75) is 233 Å². The van der Waals surface area contributed by atoms with E-state index in [-0.39, 0.29) is 100 Å². The lowest BCUT2D eigenvalue weighted by Crippen LogP contribution is -2.62. The Hall–Kier alpha value is -8.74. The van der Waals surface area contributed by atoms with E-state index in [0.29, 0.717) is 43.5 Å². The predicted molar refractivity (Wildman–Crippen MR) is 406 cm³/mol. The summed E-state index contributed by atoms with van der Waals surface area (Å²) in [4.78, 5) is 172. The number of amides is 12. The van der Waals surface area contributed by atoms with E-state index in [2.05, 4.69) is 64.5 Å². The Labute approximate surface area is 629 Å². The van der Waals surface area contributed by atoms with Gasteiger partial charge in [0.05, 0.1) is 43.4 Å². The molecular weight excluding hydrogens is 1380 g/mol. The van der Waals surface area contributed by atoms with Crippen LogP contribution in [0.4, 0.5) is 15.3 Å². The molecule has 1 aliphatic heterocycles. The van der Waals surface area contributed by atoms with Crippen molar-refractivity contribution in [3.63, 3.8) is 0 Å². The average molecular weight is 1500 g/mol. The number of urea groups is 1. The van der Waals surface area contributed by atoms with E-state index >= 15 is 0 Å². The van der Waals surface area contributed by atoms with Gasteiger partial charge in [-0.15, -0.1) is 11.3 Å². The zero-order valence-corrected chi connectivity index (χ0v) is 65.5. The Bertz CT molecular complexity index is 3380. The molecule has 0 spiro atoms. The topological polar surface area (TPSA) is 399 Å². The molecule has 1 aliphatic rings. The van der Waals surface area contributed by atoms with E-state index in [0.717, 1.165) is 36.3 Å². The number of ether oxygens (including phenoxy) is 3. The summed E-state index contributed by atoms with van der Waals surface area (Å²) in [5.41, 5.74) is 4.58. The lowest BCUT2D eigenvalue weighted by molar-refractivity contribution is -0.146. The number of benzene rings is 2. The summed E-state index contributed by atoms with van der Waals surface area (Å²) in [5.74, 6) is -6.21. The molecule has 11 atom stereocenters. The number of hydrogen-bond acceptors (Lipinski definition) is 18. The van der Waals surface area contributed by atoms with Crippen LogP contribution in [0.25, 0.3) is 0 Å². The zero-order chi connectivity index (χ0) is 79.0. The zero-order valence-electron chi connectivity index (χ0n) is 64.7. The fourth-order valence-electron chi connectivity index (χ4n) is 12.4. The Balaban J connectivity index is 1.32. The van der Waals surface area contributed by atoms with Crippen molar-refractivity contribution in [3.05, 3.63) is 82.3 Å². The minimum Gasteiger partial charge on any atom is -0.445 e. The average Bonchev–Trinajstić information content (AvgIpc) is 0.938. The summed E-state index contributed by atoms with van der Waals surface area (Å²) >= 11 is 1.51. The van der Waals surface area contributed by atoms with Crippen LogP contribution in [0.3, 0.4) is 0 Å². The van der Waals surface area contributed by atoms with E-state index < -0.39 is 119 Å². The van der Waals surface area contributed by atoms with Gasteiger partial charge in [0.2, 0.25) is 53.2 Å². The van der Waals surface area contributed by atoms with Gasteiger partial charge in [0.25, 0.3) is 0 Å². The quantitative estimate of drug-likeness (QED) is 0.0211. The van der Waals surface area contributed by atoms with Gasteiger partial charge in [-0.1, -0.05) is 111 Å². The minimum absolute atomic E-state index is 0.00942. The van der Waals surface area contributed by atoms with E-state index in [1.807, 2.05) is 61.4 Å². The second-order valence-electron chi connectivity index (χ2n) is 29.3. The molecule has 11 N–H and O–H groups in total. The van der Waals surface area contributed by atoms with Crippen LogP contribution >= 0.6 is 11.3 Å². The van der Waals surface area contributed by atoms with E-state index in [1.165, 1.54) is 51.4 Å². The van der Waals surface area contributed by atoms with Gasteiger partial charge in [-0.3, -0.25) is 47.9 Å². The number of carbonyl (C=O) groups excluding carboxylic acids is 12. The smallest absolute Gasteiger partial charge is 0.408 e. The van der Waals surface area contributed by atoms with Crippen molar-refractivity contribution in [1.82, 2.24) is 57.3 Å². The predicted octanol–water partition coefficient (Wildman–Crippen LogP) is 6.58. The maximum absolute atomic E-state index is 14.7. The first kappa shape index (κ1) is 89.7. The maximum Gasteiger partial charge on any atom is 0.408 e. The highest BCUT2D eigenvalue weighted by Crippen LogP contribution is 2.30. The number of primary amides is 1. The second-order valence-corrected chi connectivity index (χ2v) is 30.2. The molecule has 0 saturated carbocycles. The fourth-order valence-corrected chi connectivity index (χ4v) is 13.1. The molecule has 4 rings (SSSR count). The van der Waals surface area contributed by atoms with Gasteiger partial charge in [-0.25, -0.2) is 19.6 Å². The highest BCUT2D eigenvalue weighted by molar-refractivity contribution is 7.09. The Morgan fingerprint density at radius 1 is 0.764 bits per heavy atom. The maximum atomic E-state index is 14.7. The highest BCUT2D eigenvalue weighted by atomic mass is 32.1. The van der Waals surface area contributed by atoms with Crippen molar-refractivity contribution in [3.8, 4) is 0 Å². The molecule has 12 amide bonds. The number of alkyl carbamates (subject to hydrolysis) is 1. The molecule has 588 valence electrons. The molecule has 1 fully saturated rings.